The van der Waals surface area contributed by atoms with Gasteiger partial charge in [-0.3, -0.25) is 9.36 Å². The van der Waals surface area contributed by atoms with Crippen molar-refractivity contribution < 1.29 is 0 Å². The van der Waals surface area contributed by atoms with Crippen LogP contribution in [0.2, 0.25) is 15.2 Å². The summed E-state index contributed by atoms with van der Waals surface area (Å²) in [5, 5.41) is 1.01. The maximum absolute atomic E-state index is 11.8. The Bertz CT molecular complexity index is 654. The number of anilines is 1. The first-order valence-electron chi connectivity index (χ1n) is 4.93. The lowest BCUT2D eigenvalue weighted by molar-refractivity contribution is 0.739. The Hall–Kier alpha value is -1.23. The van der Waals surface area contributed by atoms with Crippen molar-refractivity contribution in [3.8, 4) is 0 Å². The highest BCUT2D eigenvalue weighted by Gasteiger charge is 2.08. The van der Waals surface area contributed by atoms with E-state index in [4.69, 9.17) is 40.5 Å². The number of benzene rings is 1. The van der Waals surface area contributed by atoms with Gasteiger partial charge in [0.25, 0.3) is 5.56 Å². The van der Waals surface area contributed by atoms with E-state index in [9.17, 15) is 4.79 Å². The molecule has 7 heteroatoms. The molecule has 0 aliphatic carbocycles. The van der Waals surface area contributed by atoms with Gasteiger partial charge >= 0.3 is 0 Å². The summed E-state index contributed by atoms with van der Waals surface area (Å²) in [5.74, 6) is 0. The van der Waals surface area contributed by atoms with Crippen LogP contribution in [0.1, 0.15) is 5.56 Å². The van der Waals surface area contributed by atoms with Crippen LogP contribution in [0.3, 0.4) is 0 Å². The van der Waals surface area contributed by atoms with E-state index in [1.54, 1.807) is 18.2 Å². The largest absolute Gasteiger partial charge is 0.392 e. The molecule has 0 fully saturated rings. The van der Waals surface area contributed by atoms with Gasteiger partial charge in [0.2, 0.25) is 0 Å². The number of aromatic nitrogens is 2. The van der Waals surface area contributed by atoms with Gasteiger partial charge in [-0.05, 0) is 17.7 Å². The fourth-order valence-corrected chi connectivity index (χ4v) is 2.02. The van der Waals surface area contributed by atoms with E-state index in [2.05, 4.69) is 4.98 Å². The summed E-state index contributed by atoms with van der Waals surface area (Å²) in [6.07, 6.45) is 1.33. The average Bonchev–Trinajstić information content (AvgIpc) is 2.33. The van der Waals surface area contributed by atoms with Crippen molar-refractivity contribution in [2.45, 2.75) is 6.54 Å². The lowest BCUT2D eigenvalue weighted by Gasteiger charge is -2.08. The molecule has 0 aliphatic rings. The molecule has 0 saturated heterocycles. The average molecular weight is 305 g/mol. The lowest BCUT2D eigenvalue weighted by Crippen LogP contribution is -2.24. The summed E-state index contributed by atoms with van der Waals surface area (Å²) in [4.78, 5) is 15.6. The molecular formula is C11H8Cl3N3O. The Morgan fingerprint density at radius 1 is 1.28 bits per heavy atom. The molecule has 0 spiro atoms. The van der Waals surface area contributed by atoms with E-state index in [0.29, 0.717) is 10.0 Å². The van der Waals surface area contributed by atoms with E-state index in [1.807, 2.05) is 0 Å². The molecule has 0 bridgehead atoms. The zero-order valence-corrected chi connectivity index (χ0v) is 11.3. The molecule has 0 radical (unpaired) electrons. The van der Waals surface area contributed by atoms with Gasteiger partial charge in [0.15, 0.2) is 5.15 Å². The molecule has 0 unspecified atom stereocenters. The van der Waals surface area contributed by atoms with Crippen molar-refractivity contribution in [3.63, 3.8) is 0 Å². The lowest BCUT2D eigenvalue weighted by atomic mass is 10.2. The minimum absolute atomic E-state index is 0.00143. The Morgan fingerprint density at radius 3 is 2.67 bits per heavy atom. The third-order valence-electron chi connectivity index (χ3n) is 2.38. The molecule has 1 aromatic carbocycles. The molecular weight excluding hydrogens is 297 g/mol. The number of hydrogen-bond acceptors (Lipinski definition) is 3. The van der Waals surface area contributed by atoms with Gasteiger partial charge in [-0.15, -0.1) is 0 Å². The molecule has 0 atom stereocenters. The summed E-state index contributed by atoms with van der Waals surface area (Å²) in [6.45, 7) is 0.253. The van der Waals surface area contributed by atoms with Crippen LogP contribution in [-0.2, 0) is 6.54 Å². The van der Waals surface area contributed by atoms with E-state index in [1.165, 1.54) is 10.9 Å². The minimum Gasteiger partial charge on any atom is -0.392 e. The Morgan fingerprint density at radius 2 is 2.00 bits per heavy atom. The zero-order valence-electron chi connectivity index (χ0n) is 9.03. The summed E-state index contributed by atoms with van der Waals surface area (Å²) < 4.78 is 1.33. The summed E-state index contributed by atoms with van der Waals surface area (Å²) in [5.41, 5.74) is 5.78. The SMILES string of the molecule is Nc1c(Cl)ncn(Cc2ccc(Cl)cc2Cl)c1=O. The quantitative estimate of drug-likeness (QED) is 0.868. The highest BCUT2D eigenvalue weighted by atomic mass is 35.5. The van der Waals surface area contributed by atoms with Gasteiger partial charge in [0, 0.05) is 10.0 Å². The van der Waals surface area contributed by atoms with Crippen molar-refractivity contribution in [2.75, 3.05) is 5.73 Å². The van der Waals surface area contributed by atoms with Gasteiger partial charge in [0.05, 0.1) is 12.9 Å². The van der Waals surface area contributed by atoms with Crippen LogP contribution in [-0.4, -0.2) is 9.55 Å². The molecule has 18 heavy (non-hydrogen) atoms. The molecule has 2 N–H and O–H groups in total. The standard InChI is InChI=1S/C11H8Cl3N3O/c12-7-2-1-6(8(13)3-7)4-17-5-16-10(14)9(15)11(17)18/h1-3,5H,4,15H2. The molecule has 0 aliphatic heterocycles. The van der Waals surface area contributed by atoms with Crippen LogP contribution >= 0.6 is 34.8 Å². The Balaban J connectivity index is 2.41. The fourth-order valence-electron chi connectivity index (χ4n) is 1.43. The van der Waals surface area contributed by atoms with Crippen LogP contribution < -0.4 is 11.3 Å². The second kappa shape index (κ2) is 5.18. The molecule has 0 saturated carbocycles. The molecule has 94 valence electrons. The molecule has 0 amide bonds. The number of rotatable bonds is 2. The second-order valence-corrected chi connectivity index (χ2v) is 4.82. The maximum Gasteiger partial charge on any atom is 0.278 e. The first-order valence-corrected chi connectivity index (χ1v) is 6.07. The first kappa shape index (κ1) is 13.2. The van der Waals surface area contributed by atoms with Gasteiger partial charge in [-0.25, -0.2) is 4.98 Å². The van der Waals surface area contributed by atoms with Crippen LogP contribution in [0.15, 0.2) is 29.3 Å². The van der Waals surface area contributed by atoms with Gasteiger partial charge < -0.3 is 5.73 Å². The summed E-state index contributed by atoms with van der Waals surface area (Å²) >= 11 is 17.5. The summed E-state index contributed by atoms with van der Waals surface area (Å²) in [7, 11) is 0. The van der Waals surface area contributed by atoms with Gasteiger partial charge in [-0.2, -0.15) is 0 Å². The monoisotopic (exact) mass is 303 g/mol. The van der Waals surface area contributed by atoms with Crippen LogP contribution in [0.4, 0.5) is 5.69 Å². The molecule has 1 heterocycles. The van der Waals surface area contributed by atoms with Crippen molar-refractivity contribution in [1.82, 2.24) is 9.55 Å². The number of halogens is 3. The Labute approximate surface area is 118 Å². The third kappa shape index (κ3) is 2.61. The molecule has 2 rings (SSSR count). The van der Waals surface area contributed by atoms with Crippen LogP contribution in [0, 0.1) is 0 Å². The van der Waals surface area contributed by atoms with Gasteiger partial charge in [0.1, 0.15) is 5.69 Å². The predicted octanol–water partition coefficient (Wildman–Crippen LogP) is 2.83. The second-order valence-electron chi connectivity index (χ2n) is 3.62. The highest BCUT2D eigenvalue weighted by molar-refractivity contribution is 6.35. The summed E-state index contributed by atoms with van der Waals surface area (Å²) in [6, 6.07) is 5.04. The molecule has 1 aromatic heterocycles. The topological polar surface area (TPSA) is 60.9 Å². The first-order chi connectivity index (χ1) is 8.49. The number of nitrogens with two attached hydrogens (primary N) is 1. The number of nitrogens with zero attached hydrogens (tertiary/aromatic N) is 2. The van der Waals surface area contributed by atoms with Crippen molar-refractivity contribution >= 4 is 40.5 Å². The molecule has 4 nitrogen and oxygen atoms in total. The smallest absolute Gasteiger partial charge is 0.278 e. The van der Waals surface area contributed by atoms with E-state index < -0.39 is 5.56 Å². The zero-order chi connectivity index (χ0) is 13.3. The minimum atomic E-state index is -0.402. The highest BCUT2D eigenvalue weighted by Crippen LogP contribution is 2.21. The van der Waals surface area contributed by atoms with E-state index in [-0.39, 0.29) is 17.4 Å². The number of nitrogen functional groups attached to an aromatic ring is 1. The van der Waals surface area contributed by atoms with E-state index >= 15 is 0 Å². The third-order valence-corrected chi connectivity index (χ3v) is 3.27. The van der Waals surface area contributed by atoms with Crippen molar-refractivity contribution in [3.05, 3.63) is 55.6 Å². The fraction of sp³-hybridized carbons (Fsp3) is 0.0909. The predicted molar refractivity (Wildman–Crippen MR) is 73.5 cm³/mol. The van der Waals surface area contributed by atoms with E-state index in [0.717, 1.165) is 5.56 Å². The maximum atomic E-state index is 11.8. The molecule has 2 aromatic rings. The normalized spacial score (nSPS) is 10.6. The van der Waals surface area contributed by atoms with Crippen molar-refractivity contribution in [1.29, 1.82) is 0 Å². The Kier molecular flexibility index (Phi) is 3.80. The van der Waals surface area contributed by atoms with Crippen LogP contribution in [0.25, 0.3) is 0 Å². The van der Waals surface area contributed by atoms with Crippen molar-refractivity contribution in [2.24, 2.45) is 0 Å². The number of hydrogen-bond donors (Lipinski definition) is 1. The van der Waals surface area contributed by atoms with Crippen LogP contribution in [0.5, 0.6) is 0 Å². The van der Waals surface area contributed by atoms with Gasteiger partial charge in [-0.1, -0.05) is 40.9 Å².